The molecule has 0 aromatic heterocycles. The largest absolute Gasteiger partial charge is 0.399 e. The van der Waals surface area contributed by atoms with Gasteiger partial charge in [0.15, 0.2) is 0 Å². The highest BCUT2D eigenvalue weighted by atomic mass is 16.1. The van der Waals surface area contributed by atoms with Crippen LogP contribution in [0.3, 0.4) is 0 Å². The summed E-state index contributed by atoms with van der Waals surface area (Å²) in [6, 6.07) is 13.7. The van der Waals surface area contributed by atoms with Gasteiger partial charge in [-0.3, -0.25) is 4.79 Å². The molecule has 0 aliphatic rings. The van der Waals surface area contributed by atoms with Crippen molar-refractivity contribution in [1.82, 2.24) is 0 Å². The molecule has 0 saturated heterocycles. The fourth-order valence-electron chi connectivity index (χ4n) is 2.09. The van der Waals surface area contributed by atoms with Crippen molar-refractivity contribution < 1.29 is 4.79 Å². The maximum Gasteiger partial charge on any atom is 0.224 e. The number of anilines is 2. The first-order valence-corrected chi connectivity index (χ1v) is 6.77. The minimum atomic E-state index is 0.0157. The van der Waals surface area contributed by atoms with Gasteiger partial charge in [-0.2, -0.15) is 0 Å². The highest BCUT2D eigenvalue weighted by Gasteiger charge is 2.06. The third-order valence-electron chi connectivity index (χ3n) is 3.34. The predicted molar refractivity (Wildman–Crippen MR) is 83.7 cm³/mol. The number of carbonyl (C=O) groups is 1. The van der Waals surface area contributed by atoms with Gasteiger partial charge < -0.3 is 11.1 Å². The number of benzene rings is 2. The molecule has 0 atom stereocenters. The molecule has 1 amide bonds. The van der Waals surface area contributed by atoms with Crippen LogP contribution in [-0.4, -0.2) is 5.91 Å². The van der Waals surface area contributed by atoms with Crippen molar-refractivity contribution >= 4 is 17.3 Å². The Balaban J connectivity index is 1.96. The van der Waals surface area contributed by atoms with Gasteiger partial charge in [0.25, 0.3) is 0 Å². The molecular formula is C17H20N2O. The molecule has 0 radical (unpaired) electrons. The molecule has 0 aliphatic carbocycles. The van der Waals surface area contributed by atoms with E-state index in [4.69, 9.17) is 5.73 Å². The second-order valence-electron chi connectivity index (χ2n) is 5.07. The molecular weight excluding hydrogens is 248 g/mol. The predicted octanol–water partition coefficient (Wildman–Crippen LogP) is 3.46. The molecule has 0 saturated carbocycles. The molecule has 2 rings (SSSR count). The standard InChI is InChI=1S/C17H20N2O/c1-12-7-8-13(2)16(11-12)19-17(20)10-9-14-5-3-4-6-15(14)18/h3-8,11H,9-10,18H2,1-2H3,(H,19,20). The Labute approximate surface area is 119 Å². The lowest BCUT2D eigenvalue weighted by atomic mass is 10.1. The molecule has 0 bridgehead atoms. The lowest BCUT2D eigenvalue weighted by Crippen LogP contribution is -2.13. The van der Waals surface area contributed by atoms with Crippen molar-refractivity contribution in [3.05, 3.63) is 59.2 Å². The third kappa shape index (κ3) is 3.60. The van der Waals surface area contributed by atoms with Gasteiger partial charge in [-0.1, -0.05) is 30.3 Å². The van der Waals surface area contributed by atoms with Gasteiger partial charge >= 0.3 is 0 Å². The van der Waals surface area contributed by atoms with Crippen molar-refractivity contribution in [2.45, 2.75) is 26.7 Å². The Bertz CT molecular complexity index is 620. The lowest BCUT2D eigenvalue weighted by Gasteiger charge is -2.10. The summed E-state index contributed by atoms with van der Waals surface area (Å²) in [7, 11) is 0. The maximum absolute atomic E-state index is 12.0. The Morgan fingerprint density at radius 2 is 1.90 bits per heavy atom. The van der Waals surface area contributed by atoms with Gasteiger partial charge in [-0.05, 0) is 49.1 Å². The third-order valence-corrected chi connectivity index (χ3v) is 3.34. The molecule has 0 fully saturated rings. The fraction of sp³-hybridized carbons (Fsp3) is 0.235. The van der Waals surface area contributed by atoms with Gasteiger partial charge in [-0.15, -0.1) is 0 Å². The normalized spacial score (nSPS) is 10.3. The van der Waals surface area contributed by atoms with E-state index in [9.17, 15) is 4.79 Å². The molecule has 3 N–H and O–H groups in total. The minimum Gasteiger partial charge on any atom is -0.399 e. The number of rotatable bonds is 4. The van der Waals surface area contributed by atoms with Gasteiger partial charge in [0.1, 0.15) is 0 Å². The van der Waals surface area contributed by atoms with Crippen molar-refractivity contribution in [3.8, 4) is 0 Å². The monoisotopic (exact) mass is 268 g/mol. The average molecular weight is 268 g/mol. The van der Waals surface area contributed by atoms with E-state index in [0.29, 0.717) is 12.8 Å². The highest BCUT2D eigenvalue weighted by Crippen LogP contribution is 2.17. The molecule has 0 heterocycles. The van der Waals surface area contributed by atoms with Crippen LogP contribution in [0.25, 0.3) is 0 Å². The Kier molecular flexibility index (Phi) is 4.41. The molecule has 3 nitrogen and oxygen atoms in total. The van der Waals surface area contributed by atoms with Crippen molar-refractivity contribution in [3.63, 3.8) is 0 Å². The molecule has 2 aromatic carbocycles. The van der Waals surface area contributed by atoms with Crippen molar-refractivity contribution in [1.29, 1.82) is 0 Å². The van der Waals surface area contributed by atoms with E-state index in [-0.39, 0.29) is 5.91 Å². The number of hydrogen-bond donors (Lipinski definition) is 2. The van der Waals surface area contributed by atoms with E-state index in [0.717, 1.165) is 28.1 Å². The SMILES string of the molecule is Cc1ccc(C)c(NC(=O)CCc2ccccc2N)c1. The zero-order valence-electron chi connectivity index (χ0n) is 11.9. The summed E-state index contributed by atoms with van der Waals surface area (Å²) >= 11 is 0. The number of hydrogen-bond acceptors (Lipinski definition) is 2. The van der Waals surface area contributed by atoms with E-state index in [1.807, 2.05) is 56.3 Å². The van der Waals surface area contributed by atoms with Crippen molar-refractivity contribution in [2.24, 2.45) is 0 Å². The first-order valence-electron chi connectivity index (χ1n) is 6.77. The summed E-state index contributed by atoms with van der Waals surface area (Å²) in [5.41, 5.74) is 10.7. The fourth-order valence-corrected chi connectivity index (χ4v) is 2.09. The van der Waals surface area contributed by atoms with Crippen LogP contribution in [0.4, 0.5) is 11.4 Å². The molecule has 0 spiro atoms. The smallest absolute Gasteiger partial charge is 0.224 e. The molecule has 20 heavy (non-hydrogen) atoms. The minimum absolute atomic E-state index is 0.0157. The van der Waals surface area contributed by atoms with Gasteiger partial charge in [0, 0.05) is 17.8 Å². The Hall–Kier alpha value is -2.29. The van der Waals surface area contributed by atoms with Crippen LogP contribution in [0.15, 0.2) is 42.5 Å². The first kappa shape index (κ1) is 14.1. The van der Waals surface area contributed by atoms with E-state index in [1.165, 1.54) is 0 Å². The molecule has 0 unspecified atom stereocenters. The summed E-state index contributed by atoms with van der Waals surface area (Å²) in [6.45, 7) is 4.00. The van der Waals surface area contributed by atoms with Crippen LogP contribution in [0.5, 0.6) is 0 Å². The lowest BCUT2D eigenvalue weighted by molar-refractivity contribution is -0.116. The van der Waals surface area contributed by atoms with E-state index >= 15 is 0 Å². The van der Waals surface area contributed by atoms with Crippen molar-refractivity contribution in [2.75, 3.05) is 11.1 Å². The number of nitrogens with one attached hydrogen (secondary N) is 1. The molecule has 2 aromatic rings. The van der Waals surface area contributed by atoms with Crippen LogP contribution in [0, 0.1) is 13.8 Å². The number of nitrogens with two attached hydrogens (primary N) is 1. The molecule has 3 heteroatoms. The van der Waals surface area contributed by atoms with Crippen LogP contribution in [0.2, 0.25) is 0 Å². The zero-order chi connectivity index (χ0) is 14.5. The summed E-state index contributed by atoms with van der Waals surface area (Å²) in [5, 5.41) is 2.96. The van der Waals surface area contributed by atoms with Crippen LogP contribution < -0.4 is 11.1 Å². The van der Waals surface area contributed by atoms with Crippen LogP contribution in [0.1, 0.15) is 23.1 Å². The first-order chi connectivity index (χ1) is 9.56. The number of nitrogen functional groups attached to an aromatic ring is 1. The maximum atomic E-state index is 12.0. The molecule has 0 aliphatic heterocycles. The zero-order valence-corrected chi connectivity index (χ0v) is 11.9. The summed E-state index contributed by atoms with van der Waals surface area (Å²) < 4.78 is 0. The van der Waals surface area contributed by atoms with Crippen LogP contribution in [-0.2, 0) is 11.2 Å². The quantitative estimate of drug-likeness (QED) is 0.834. The van der Waals surface area contributed by atoms with Gasteiger partial charge in [-0.25, -0.2) is 0 Å². The summed E-state index contributed by atoms with van der Waals surface area (Å²) in [5.74, 6) is 0.0157. The second-order valence-corrected chi connectivity index (χ2v) is 5.07. The number of aryl methyl sites for hydroxylation is 3. The Morgan fingerprint density at radius 3 is 2.65 bits per heavy atom. The highest BCUT2D eigenvalue weighted by molar-refractivity contribution is 5.91. The molecule has 104 valence electrons. The number of para-hydroxylation sites is 1. The van der Waals surface area contributed by atoms with E-state index in [1.54, 1.807) is 0 Å². The topological polar surface area (TPSA) is 55.1 Å². The number of carbonyl (C=O) groups excluding carboxylic acids is 1. The van der Waals surface area contributed by atoms with E-state index < -0.39 is 0 Å². The van der Waals surface area contributed by atoms with Crippen LogP contribution >= 0.6 is 0 Å². The Morgan fingerprint density at radius 1 is 1.15 bits per heavy atom. The summed E-state index contributed by atoms with van der Waals surface area (Å²) in [6.07, 6.45) is 1.09. The summed E-state index contributed by atoms with van der Waals surface area (Å²) in [4.78, 5) is 12.0. The number of amides is 1. The average Bonchev–Trinajstić information content (AvgIpc) is 2.42. The van der Waals surface area contributed by atoms with Gasteiger partial charge in [0.2, 0.25) is 5.91 Å². The second kappa shape index (κ2) is 6.24. The van der Waals surface area contributed by atoms with E-state index in [2.05, 4.69) is 5.32 Å². The van der Waals surface area contributed by atoms with Gasteiger partial charge in [0.05, 0.1) is 0 Å².